The molecule has 52 valence electrons. The van der Waals surface area contributed by atoms with Gasteiger partial charge in [-0.3, -0.25) is 9.78 Å². The predicted molar refractivity (Wildman–Crippen MR) is 37.7 cm³/mol. The predicted octanol–water partition coefficient (Wildman–Crippen LogP) is 2.68. The summed E-state index contributed by atoms with van der Waals surface area (Å²) in [7, 11) is 0. The van der Waals surface area contributed by atoms with Crippen molar-refractivity contribution in [2.45, 2.75) is 0 Å². The van der Waals surface area contributed by atoms with E-state index in [9.17, 15) is 0 Å². The van der Waals surface area contributed by atoms with Crippen molar-refractivity contribution in [2.24, 2.45) is 0 Å². The average molecular weight is 177 g/mol. The highest BCUT2D eigenvalue weighted by molar-refractivity contribution is 6.38. The Morgan fingerprint density at radius 2 is 1.90 bits per heavy atom. The smallest absolute Gasteiger partial charge is 0.219 e. The Morgan fingerprint density at radius 3 is 2.60 bits per heavy atom. The van der Waals surface area contributed by atoms with E-state index in [1.807, 2.05) is 0 Å². The molecule has 0 spiro atoms. The van der Waals surface area contributed by atoms with E-state index in [1.165, 1.54) is 0 Å². The maximum absolute atomic E-state index is 5.71. The van der Waals surface area contributed by atoms with E-state index in [1.54, 1.807) is 12.1 Å². The summed E-state index contributed by atoms with van der Waals surface area (Å²) < 4.78 is 0. The van der Waals surface area contributed by atoms with Crippen LogP contribution in [0.1, 0.15) is 0 Å². The Morgan fingerprint density at radius 1 is 1.10 bits per heavy atom. The summed E-state index contributed by atoms with van der Waals surface area (Å²) in [4.78, 5) is 9.36. The van der Waals surface area contributed by atoms with Crippen LogP contribution in [0.15, 0.2) is 12.1 Å². The van der Waals surface area contributed by atoms with Crippen LogP contribution in [0.3, 0.4) is 0 Å². The first-order valence-corrected chi connectivity index (χ1v) is 3.37. The second kappa shape index (κ2) is 1.94. The van der Waals surface area contributed by atoms with Gasteiger partial charge >= 0.3 is 0 Å². The van der Waals surface area contributed by atoms with Crippen LogP contribution in [-0.2, 0) is 0 Å². The maximum atomic E-state index is 5.71. The SMILES string of the molecule is Clc1ccc2c(Cl)c1OO2. The molecule has 2 nitrogen and oxygen atoms in total. The lowest BCUT2D eigenvalue weighted by Crippen LogP contribution is -1.90. The first-order valence-electron chi connectivity index (χ1n) is 2.61. The Kier molecular flexibility index (Phi) is 1.19. The van der Waals surface area contributed by atoms with E-state index < -0.39 is 0 Å². The molecule has 0 atom stereocenters. The zero-order valence-corrected chi connectivity index (χ0v) is 6.24. The van der Waals surface area contributed by atoms with Crippen LogP contribution < -0.4 is 9.78 Å². The molecule has 1 heterocycles. The highest BCUT2D eigenvalue weighted by Gasteiger charge is 2.21. The van der Waals surface area contributed by atoms with Gasteiger partial charge < -0.3 is 0 Å². The monoisotopic (exact) mass is 176 g/mol. The molecule has 0 aliphatic carbocycles. The van der Waals surface area contributed by atoms with Crippen molar-refractivity contribution in [1.29, 1.82) is 0 Å². The fourth-order valence-corrected chi connectivity index (χ4v) is 1.21. The summed E-state index contributed by atoms with van der Waals surface area (Å²) in [5, 5.41) is 0.902. The molecule has 4 heteroatoms. The second-order valence-corrected chi connectivity index (χ2v) is 2.64. The molecular weight excluding hydrogens is 175 g/mol. The maximum Gasteiger partial charge on any atom is 0.219 e. The topological polar surface area (TPSA) is 18.5 Å². The van der Waals surface area contributed by atoms with Crippen LogP contribution in [0.5, 0.6) is 11.5 Å². The normalized spacial score (nSPS) is 12.6. The Bertz CT molecular complexity index is 285. The van der Waals surface area contributed by atoms with Crippen LogP contribution in [0.2, 0.25) is 10.0 Å². The lowest BCUT2D eigenvalue weighted by Gasteiger charge is -1.90. The molecule has 1 aliphatic heterocycles. The number of halogens is 2. The quantitative estimate of drug-likeness (QED) is 0.567. The summed E-state index contributed by atoms with van der Waals surface area (Å²) in [6.07, 6.45) is 0. The minimum atomic E-state index is 0.404. The zero-order chi connectivity index (χ0) is 7.14. The molecule has 0 amide bonds. The summed E-state index contributed by atoms with van der Waals surface area (Å²) in [6, 6.07) is 3.33. The average Bonchev–Trinajstić information content (AvgIpc) is 2.13. The standard InChI is InChI=1S/C6H2Cl2O2/c7-3-1-2-4-5(8)6(3)10-9-4/h1-2H. The second-order valence-electron chi connectivity index (χ2n) is 1.86. The third-order valence-electron chi connectivity index (χ3n) is 1.23. The Hall–Kier alpha value is -0.600. The third kappa shape index (κ3) is 0.662. The van der Waals surface area contributed by atoms with Crippen LogP contribution >= 0.6 is 23.2 Å². The molecule has 10 heavy (non-hydrogen) atoms. The van der Waals surface area contributed by atoms with E-state index in [-0.39, 0.29) is 0 Å². The Balaban J connectivity index is 2.73. The zero-order valence-electron chi connectivity index (χ0n) is 4.73. The van der Waals surface area contributed by atoms with Gasteiger partial charge in [-0.25, -0.2) is 0 Å². The van der Waals surface area contributed by atoms with E-state index >= 15 is 0 Å². The molecule has 1 aromatic rings. The van der Waals surface area contributed by atoms with Gasteiger partial charge in [0.25, 0.3) is 0 Å². The van der Waals surface area contributed by atoms with E-state index in [4.69, 9.17) is 23.2 Å². The fraction of sp³-hybridized carbons (Fsp3) is 0. The highest BCUT2D eigenvalue weighted by Crippen LogP contribution is 2.44. The number of hydrogen-bond donors (Lipinski definition) is 0. The molecule has 0 fully saturated rings. The molecule has 0 N–H and O–H groups in total. The van der Waals surface area contributed by atoms with Crippen LogP contribution in [0.4, 0.5) is 0 Å². The number of rotatable bonds is 0. The number of benzene rings is 1. The van der Waals surface area contributed by atoms with Crippen molar-refractivity contribution < 1.29 is 9.78 Å². The largest absolute Gasteiger partial charge is 0.288 e. The lowest BCUT2D eigenvalue weighted by molar-refractivity contribution is -0.0846. The molecule has 2 bridgehead atoms. The van der Waals surface area contributed by atoms with Crippen molar-refractivity contribution in [2.75, 3.05) is 0 Å². The van der Waals surface area contributed by atoms with Gasteiger partial charge in [0, 0.05) is 0 Å². The molecule has 2 rings (SSSR count). The molecule has 0 radical (unpaired) electrons. The molecular formula is C6H2Cl2O2. The van der Waals surface area contributed by atoms with E-state index in [0.29, 0.717) is 21.5 Å². The van der Waals surface area contributed by atoms with Crippen LogP contribution in [-0.4, -0.2) is 0 Å². The van der Waals surface area contributed by atoms with Crippen molar-refractivity contribution in [3.63, 3.8) is 0 Å². The fourth-order valence-electron chi connectivity index (χ4n) is 0.742. The van der Waals surface area contributed by atoms with Crippen molar-refractivity contribution in [1.82, 2.24) is 0 Å². The molecule has 0 aromatic heterocycles. The first-order chi connectivity index (χ1) is 4.79. The van der Waals surface area contributed by atoms with Crippen LogP contribution in [0.25, 0.3) is 0 Å². The van der Waals surface area contributed by atoms with Crippen molar-refractivity contribution >= 4 is 23.2 Å². The van der Waals surface area contributed by atoms with E-state index in [2.05, 4.69) is 9.78 Å². The van der Waals surface area contributed by atoms with Gasteiger partial charge in [0.1, 0.15) is 5.02 Å². The molecule has 0 saturated heterocycles. The lowest BCUT2D eigenvalue weighted by atomic mass is 10.3. The Labute approximate surface area is 67.2 Å². The van der Waals surface area contributed by atoms with Gasteiger partial charge in [0.05, 0.1) is 5.02 Å². The highest BCUT2D eigenvalue weighted by atomic mass is 35.5. The number of fused-ring (bicyclic) bond motifs is 2. The van der Waals surface area contributed by atoms with Gasteiger partial charge in [-0.05, 0) is 12.1 Å². The molecule has 0 saturated carbocycles. The summed E-state index contributed by atoms with van der Waals surface area (Å²) in [6.45, 7) is 0. The minimum Gasteiger partial charge on any atom is -0.288 e. The number of hydrogen-bond acceptors (Lipinski definition) is 2. The third-order valence-corrected chi connectivity index (χ3v) is 1.88. The summed E-state index contributed by atoms with van der Waals surface area (Å²) >= 11 is 11.4. The minimum absolute atomic E-state index is 0.404. The van der Waals surface area contributed by atoms with Gasteiger partial charge in [0.2, 0.25) is 11.5 Å². The molecule has 1 aromatic carbocycles. The molecule has 0 unspecified atom stereocenters. The van der Waals surface area contributed by atoms with Crippen molar-refractivity contribution in [3.8, 4) is 11.5 Å². The summed E-state index contributed by atoms with van der Waals surface area (Å²) in [5.74, 6) is 0.918. The van der Waals surface area contributed by atoms with Gasteiger partial charge in [-0.2, -0.15) is 0 Å². The van der Waals surface area contributed by atoms with Gasteiger partial charge in [-0.1, -0.05) is 23.2 Å². The first kappa shape index (κ1) is 6.13. The van der Waals surface area contributed by atoms with Crippen LogP contribution in [0, 0.1) is 0 Å². The molecule has 1 aliphatic rings. The van der Waals surface area contributed by atoms with Gasteiger partial charge in [0.15, 0.2) is 0 Å². The summed E-state index contributed by atoms with van der Waals surface area (Å²) in [5.41, 5.74) is 0. The van der Waals surface area contributed by atoms with Gasteiger partial charge in [-0.15, -0.1) is 0 Å². The van der Waals surface area contributed by atoms with Crippen molar-refractivity contribution in [3.05, 3.63) is 22.2 Å². The van der Waals surface area contributed by atoms with E-state index in [0.717, 1.165) is 0 Å².